The molecule has 180 valence electrons. The third-order valence-corrected chi connectivity index (χ3v) is 6.70. The van der Waals surface area contributed by atoms with E-state index in [1.807, 2.05) is 21.0 Å². The van der Waals surface area contributed by atoms with E-state index in [2.05, 4.69) is 9.88 Å². The largest absolute Gasteiger partial charge is 0.416 e. The Balaban J connectivity index is 1.80. The third-order valence-electron chi connectivity index (χ3n) is 6.47. The Bertz CT molecular complexity index is 1280. The lowest BCUT2D eigenvalue weighted by molar-refractivity contribution is -0.137. The molecule has 1 aliphatic carbocycles. The van der Waals surface area contributed by atoms with Crippen LogP contribution in [0.5, 0.6) is 0 Å². The zero-order valence-corrected chi connectivity index (χ0v) is 20.1. The normalized spacial score (nSPS) is 19.7. The number of benzene rings is 2. The monoisotopic (exact) mass is 489 g/mol. The predicted molar refractivity (Wildman–Crippen MR) is 131 cm³/mol. The van der Waals surface area contributed by atoms with Gasteiger partial charge in [0.2, 0.25) is 0 Å². The van der Waals surface area contributed by atoms with E-state index in [1.165, 1.54) is 12.1 Å². The predicted octanol–water partition coefficient (Wildman–Crippen LogP) is 5.92. The summed E-state index contributed by atoms with van der Waals surface area (Å²) < 4.78 is 39.2. The molecule has 1 N–H and O–H groups in total. The van der Waals surface area contributed by atoms with Gasteiger partial charge in [0.25, 0.3) is 0 Å². The van der Waals surface area contributed by atoms with Gasteiger partial charge in [0.05, 0.1) is 16.8 Å². The molecule has 4 nitrogen and oxygen atoms in total. The standard InChI is InChI=1S/C26H27ClF3N3O/c1-15-19(16-5-7-17(8-6-16)26(28,29)30)14-22-23(24(15)31-11-4-12-33(2)3)25(34)20-13-18(27)9-10-21(20)32-22/h5-10,13,15,19H,4,11-12,14H2,1-3H3,(H,32,34)/t15-,19-/m0/s1. The number of aliphatic imine (C=N–C) groups is 1. The molecule has 8 heteroatoms. The summed E-state index contributed by atoms with van der Waals surface area (Å²) in [7, 11) is 3.99. The SMILES string of the molecule is C[C@@H]1C(=NCCCN(C)C)c2c([nH]c3ccc(Cl)cc3c2=O)C[C@@H]1c1ccc(C(F)(F)F)cc1. The molecule has 0 saturated heterocycles. The lowest BCUT2D eigenvalue weighted by Crippen LogP contribution is -2.35. The number of halogens is 4. The van der Waals surface area contributed by atoms with Crippen molar-refractivity contribution in [1.29, 1.82) is 0 Å². The van der Waals surface area contributed by atoms with Crippen LogP contribution in [0.15, 0.2) is 52.3 Å². The summed E-state index contributed by atoms with van der Waals surface area (Å²) in [5.74, 6) is -0.246. The average molecular weight is 490 g/mol. The number of fused-ring (bicyclic) bond motifs is 2. The van der Waals surface area contributed by atoms with Gasteiger partial charge < -0.3 is 9.88 Å². The molecule has 0 radical (unpaired) electrons. The van der Waals surface area contributed by atoms with Gasteiger partial charge in [-0.3, -0.25) is 9.79 Å². The zero-order chi connectivity index (χ0) is 24.6. The number of aromatic amines is 1. The fourth-order valence-electron chi connectivity index (χ4n) is 4.68. The summed E-state index contributed by atoms with van der Waals surface area (Å²) in [5, 5.41) is 0.987. The van der Waals surface area contributed by atoms with Crippen LogP contribution >= 0.6 is 11.6 Å². The van der Waals surface area contributed by atoms with Crippen molar-refractivity contribution in [3.63, 3.8) is 0 Å². The molecule has 0 bridgehead atoms. The van der Waals surface area contributed by atoms with Crippen LogP contribution in [0.4, 0.5) is 13.2 Å². The molecule has 0 fully saturated rings. The van der Waals surface area contributed by atoms with Crippen LogP contribution in [0.2, 0.25) is 5.02 Å². The van der Waals surface area contributed by atoms with Crippen molar-refractivity contribution in [1.82, 2.24) is 9.88 Å². The van der Waals surface area contributed by atoms with Crippen molar-refractivity contribution in [2.45, 2.75) is 31.9 Å². The van der Waals surface area contributed by atoms with Crippen molar-refractivity contribution in [2.75, 3.05) is 27.2 Å². The summed E-state index contributed by atoms with van der Waals surface area (Å²) >= 11 is 6.15. The minimum Gasteiger partial charge on any atom is -0.358 e. The summed E-state index contributed by atoms with van der Waals surface area (Å²) in [6, 6.07) is 10.5. The van der Waals surface area contributed by atoms with Crippen molar-refractivity contribution >= 4 is 28.2 Å². The second kappa shape index (κ2) is 9.55. The Hall–Kier alpha value is -2.64. The van der Waals surface area contributed by atoms with Gasteiger partial charge in [-0.1, -0.05) is 30.7 Å². The van der Waals surface area contributed by atoms with Crippen LogP contribution in [0.1, 0.15) is 41.6 Å². The Labute approximate surface area is 201 Å². The number of hydrogen-bond donors (Lipinski definition) is 1. The van der Waals surface area contributed by atoms with Gasteiger partial charge in [0.15, 0.2) is 5.43 Å². The first kappa shape index (κ1) is 24.5. The first-order chi connectivity index (χ1) is 16.1. The lowest BCUT2D eigenvalue weighted by atomic mass is 9.73. The highest BCUT2D eigenvalue weighted by molar-refractivity contribution is 6.31. The molecular formula is C26H27ClF3N3O. The second-order valence-electron chi connectivity index (χ2n) is 9.14. The van der Waals surface area contributed by atoms with E-state index in [4.69, 9.17) is 16.6 Å². The molecule has 1 aromatic heterocycles. The van der Waals surface area contributed by atoms with Gasteiger partial charge in [-0.15, -0.1) is 0 Å². The molecule has 0 spiro atoms. The maximum Gasteiger partial charge on any atom is 0.416 e. The van der Waals surface area contributed by atoms with Crippen LogP contribution in [-0.2, 0) is 12.6 Å². The molecule has 4 rings (SSSR count). The van der Waals surface area contributed by atoms with E-state index in [9.17, 15) is 18.0 Å². The van der Waals surface area contributed by atoms with E-state index >= 15 is 0 Å². The lowest BCUT2D eigenvalue weighted by Gasteiger charge is -2.32. The molecule has 1 heterocycles. The molecular weight excluding hydrogens is 463 g/mol. The first-order valence-corrected chi connectivity index (χ1v) is 11.6. The quantitative estimate of drug-likeness (QED) is 0.452. The van der Waals surface area contributed by atoms with Crippen LogP contribution in [0, 0.1) is 5.92 Å². The van der Waals surface area contributed by atoms with Crippen LogP contribution in [-0.4, -0.2) is 42.8 Å². The van der Waals surface area contributed by atoms with E-state index in [0.717, 1.165) is 36.4 Å². The Morgan fingerprint density at radius 1 is 1.15 bits per heavy atom. The van der Waals surface area contributed by atoms with Gasteiger partial charge in [-0.25, -0.2) is 0 Å². The van der Waals surface area contributed by atoms with E-state index in [0.29, 0.717) is 40.2 Å². The maximum absolute atomic E-state index is 13.5. The van der Waals surface area contributed by atoms with Gasteiger partial charge in [0.1, 0.15) is 0 Å². The zero-order valence-electron chi connectivity index (χ0n) is 19.3. The Morgan fingerprint density at radius 2 is 1.85 bits per heavy atom. The number of hydrogen-bond acceptors (Lipinski definition) is 3. The third kappa shape index (κ3) is 4.91. The molecule has 3 aromatic rings. The highest BCUT2D eigenvalue weighted by Crippen LogP contribution is 2.38. The van der Waals surface area contributed by atoms with Crippen LogP contribution in [0.3, 0.4) is 0 Å². The molecule has 0 amide bonds. The Morgan fingerprint density at radius 3 is 2.50 bits per heavy atom. The number of alkyl halides is 3. The van der Waals surface area contributed by atoms with Gasteiger partial charge in [-0.2, -0.15) is 13.2 Å². The summed E-state index contributed by atoms with van der Waals surface area (Å²) in [6.45, 7) is 3.42. The number of rotatable bonds is 5. The average Bonchev–Trinajstić information content (AvgIpc) is 2.78. The summed E-state index contributed by atoms with van der Waals surface area (Å²) in [4.78, 5) is 23.8. The molecule has 2 atom stereocenters. The van der Waals surface area contributed by atoms with Crippen LogP contribution < -0.4 is 5.43 Å². The number of pyridine rings is 1. The smallest absolute Gasteiger partial charge is 0.358 e. The van der Waals surface area contributed by atoms with Crippen LogP contribution in [0.25, 0.3) is 10.9 Å². The fourth-order valence-corrected chi connectivity index (χ4v) is 4.86. The molecule has 0 saturated carbocycles. The van der Waals surface area contributed by atoms with Gasteiger partial charge >= 0.3 is 6.18 Å². The fraction of sp³-hybridized carbons (Fsp3) is 0.385. The maximum atomic E-state index is 13.5. The minimum atomic E-state index is -4.38. The first-order valence-electron chi connectivity index (χ1n) is 11.3. The van der Waals surface area contributed by atoms with E-state index < -0.39 is 11.7 Å². The number of aromatic nitrogens is 1. The van der Waals surface area contributed by atoms with Crippen molar-refractivity contribution in [3.05, 3.63) is 80.1 Å². The topological polar surface area (TPSA) is 48.5 Å². The van der Waals surface area contributed by atoms with Gasteiger partial charge in [0, 0.05) is 34.1 Å². The van der Waals surface area contributed by atoms with Crippen molar-refractivity contribution in [2.24, 2.45) is 10.9 Å². The molecule has 34 heavy (non-hydrogen) atoms. The second-order valence-corrected chi connectivity index (χ2v) is 9.58. The van der Waals surface area contributed by atoms with Crippen molar-refractivity contribution < 1.29 is 13.2 Å². The number of nitrogens with one attached hydrogen (secondary N) is 1. The highest BCUT2D eigenvalue weighted by atomic mass is 35.5. The molecule has 2 aromatic carbocycles. The minimum absolute atomic E-state index is 0.109. The molecule has 0 unspecified atom stereocenters. The summed E-state index contributed by atoms with van der Waals surface area (Å²) in [5.41, 5.74) is 2.71. The molecule has 1 aliphatic rings. The number of H-pyrrole nitrogens is 1. The highest BCUT2D eigenvalue weighted by Gasteiger charge is 2.35. The summed E-state index contributed by atoms with van der Waals surface area (Å²) in [6.07, 6.45) is -3.04. The Kier molecular flexibility index (Phi) is 6.87. The molecule has 0 aliphatic heterocycles. The van der Waals surface area contributed by atoms with Crippen molar-refractivity contribution in [3.8, 4) is 0 Å². The van der Waals surface area contributed by atoms with Gasteiger partial charge in [-0.05, 0) is 75.3 Å². The van der Waals surface area contributed by atoms with E-state index in [1.54, 1.807) is 18.2 Å². The van der Waals surface area contributed by atoms with E-state index in [-0.39, 0.29) is 17.3 Å². The number of nitrogens with zero attached hydrogens (tertiary/aromatic N) is 2.